The van der Waals surface area contributed by atoms with Crippen molar-refractivity contribution in [3.63, 3.8) is 0 Å². The highest BCUT2D eigenvalue weighted by atomic mass is 16.2. The van der Waals surface area contributed by atoms with E-state index in [2.05, 4.69) is 23.2 Å². The molecule has 4 rings (SSSR count). The van der Waals surface area contributed by atoms with Crippen LogP contribution in [0.25, 0.3) is 6.08 Å². The van der Waals surface area contributed by atoms with Crippen molar-refractivity contribution in [1.29, 1.82) is 0 Å². The van der Waals surface area contributed by atoms with Crippen LogP contribution in [0.2, 0.25) is 0 Å². The number of hydrogen-bond donors (Lipinski definition) is 1. The molecule has 2 heterocycles. The summed E-state index contributed by atoms with van der Waals surface area (Å²) in [5.41, 5.74) is 4.62. The van der Waals surface area contributed by atoms with Crippen LogP contribution < -0.4 is 15.1 Å². The maximum Gasteiger partial charge on any atom is 0.335 e. The number of aryl methyl sites for hydroxylation is 1. The molecule has 0 saturated carbocycles. The maximum atomic E-state index is 13.0. The number of nitrogens with one attached hydrogen (secondary N) is 1. The number of urea groups is 1. The Labute approximate surface area is 176 Å². The summed E-state index contributed by atoms with van der Waals surface area (Å²) in [4.78, 5) is 41.1. The number of rotatable bonds is 5. The van der Waals surface area contributed by atoms with Gasteiger partial charge < -0.3 is 4.90 Å². The summed E-state index contributed by atoms with van der Waals surface area (Å²) in [6, 6.07) is 12.3. The summed E-state index contributed by atoms with van der Waals surface area (Å²) in [6.45, 7) is 6.14. The number of barbiturate groups is 1. The van der Waals surface area contributed by atoms with E-state index in [0.717, 1.165) is 48.4 Å². The van der Waals surface area contributed by atoms with E-state index in [9.17, 15) is 14.4 Å². The minimum Gasteiger partial charge on any atom is -0.371 e. The van der Waals surface area contributed by atoms with E-state index >= 15 is 0 Å². The zero-order chi connectivity index (χ0) is 21.3. The van der Waals surface area contributed by atoms with E-state index in [-0.39, 0.29) is 5.57 Å². The van der Waals surface area contributed by atoms with Crippen LogP contribution >= 0.6 is 0 Å². The van der Waals surface area contributed by atoms with Gasteiger partial charge in [0.05, 0.1) is 5.69 Å². The molecule has 4 amide bonds. The monoisotopic (exact) mass is 403 g/mol. The Morgan fingerprint density at radius 2 is 1.83 bits per heavy atom. The molecule has 1 fully saturated rings. The average Bonchev–Trinajstić information content (AvgIpc) is 3.13. The van der Waals surface area contributed by atoms with Crippen molar-refractivity contribution in [1.82, 2.24) is 5.32 Å². The zero-order valence-electron chi connectivity index (χ0n) is 17.3. The molecule has 0 unspecified atom stereocenters. The predicted molar refractivity (Wildman–Crippen MR) is 117 cm³/mol. The SMILES string of the molecule is CCCCN1CCc2cc(/C=C3/C(=O)NC(=O)N(c4ccc(C)cc4)C3=O)ccc21. The number of anilines is 2. The van der Waals surface area contributed by atoms with Crippen LogP contribution in [0.4, 0.5) is 16.2 Å². The van der Waals surface area contributed by atoms with Crippen LogP contribution in [0, 0.1) is 6.92 Å². The third-order valence-corrected chi connectivity index (χ3v) is 5.58. The molecule has 2 aromatic rings. The molecular weight excluding hydrogens is 378 g/mol. The van der Waals surface area contributed by atoms with E-state index < -0.39 is 17.8 Å². The van der Waals surface area contributed by atoms with Crippen LogP contribution in [-0.2, 0) is 16.0 Å². The fourth-order valence-electron chi connectivity index (χ4n) is 3.91. The van der Waals surface area contributed by atoms with Crippen LogP contribution in [0.3, 0.4) is 0 Å². The van der Waals surface area contributed by atoms with E-state index in [1.807, 2.05) is 31.2 Å². The van der Waals surface area contributed by atoms with Crippen LogP contribution in [0.5, 0.6) is 0 Å². The average molecular weight is 403 g/mol. The third kappa shape index (κ3) is 3.73. The van der Waals surface area contributed by atoms with Gasteiger partial charge in [0.25, 0.3) is 11.8 Å². The van der Waals surface area contributed by atoms with Crippen molar-refractivity contribution in [3.05, 3.63) is 64.7 Å². The van der Waals surface area contributed by atoms with Crippen molar-refractivity contribution in [3.8, 4) is 0 Å². The predicted octanol–water partition coefficient (Wildman–Crippen LogP) is 3.82. The molecule has 2 aliphatic rings. The number of nitrogens with zero attached hydrogens (tertiary/aromatic N) is 2. The molecule has 0 aliphatic carbocycles. The third-order valence-electron chi connectivity index (χ3n) is 5.58. The first-order valence-corrected chi connectivity index (χ1v) is 10.3. The van der Waals surface area contributed by atoms with Crippen molar-refractivity contribution in [2.45, 2.75) is 33.1 Å². The number of hydrogen-bond acceptors (Lipinski definition) is 4. The van der Waals surface area contributed by atoms with Crippen molar-refractivity contribution in [2.24, 2.45) is 0 Å². The normalized spacial score (nSPS) is 17.5. The highest BCUT2D eigenvalue weighted by Crippen LogP contribution is 2.30. The molecule has 2 aromatic carbocycles. The Balaban J connectivity index is 1.62. The van der Waals surface area contributed by atoms with Gasteiger partial charge in [-0.05, 0) is 61.2 Å². The van der Waals surface area contributed by atoms with E-state index in [0.29, 0.717) is 5.69 Å². The lowest BCUT2D eigenvalue weighted by Gasteiger charge is -2.26. The summed E-state index contributed by atoms with van der Waals surface area (Å²) in [5.74, 6) is -1.28. The second-order valence-electron chi connectivity index (χ2n) is 7.77. The van der Waals surface area contributed by atoms with E-state index in [1.54, 1.807) is 18.2 Å². The number of carbonyl (C=O) groups excluding carboxylic acids is 3. The minimum atomic E-state index is -0.730. The van der Waals surface area contributed by atoms with Crippen molar-refractivity contribution >= 4 is 35.3 Å². The summed E-state index contributed by atoms with van der Waals surface area (Å²) >= 11 is 0. The van der Waals surface area contributed by atoms with Gasteiger partial charge in [-0.1, -0.05) is 37.1 Å². The first-order chi connectivity index (χ1) is 14.5. The first kappa shape index (κ1) is 19.9. The molecule has 30 heavy (non-hydrogen) atoms. The van der Waals surface area contributed by atoms with Gasteiger partial charge in [0.15, 0.2) is 0 Å². The molecule has 0 bridgehead atoms. The molecule has 154 valence electrons. The lowest BCUT2D eigenvalue weighted by atomic mass is 10.0. The second kappa shape index (κ2) is 8.14. The molecule has 6 nitrogen and oxygen atoms in total. The number of imide groups is 2. The fraction of sp³-hybridized carbons (Fsp3) is 0.292. The van der Waals surface area contributed by atoms with Crippen molar-refractivity contribution < 1.29 is 14.4 Å². The molecular formula is C24H25N3O3. The van der Waals surface area contributed by atoms with Crippen LogP contribution in [0.1, 0.15) is 36.5 Å². The van der Waals surface area contributed by atoms with Crippen LogP contribution in [0.15, 0.2) is 48.0 Å². The Bertz CT molecular complexity index is 1040. The Morgan fingerprint density at radius 1 is 1.07 bits per heavy atom. The van der Waals surface area contributed by atoms with Gasteiger partial charge in [0.1, 0.15) is 5.57 Å². The quantitative estimate of drug-likeness (QED) is 0.609. The highest BCUT2D eigenvalue weighted by molar-refractivity contribution is 6.39. The van der Waals surface area contributed by atoms with Gasteiger partial charge in [0, 0.05) is 18.8 Å². The largest absolute Gasteiger partial charge is 0.371 e. The molecule has 0 aromatic heterocycles. The number of fused-ring (bicyclic) bond motifs is 1. The summed E-state index contributed by atoms with van der Waals surface area (Å²) < 4.78 is 0. The molecule has 0 spiro atoms. The molecule has 0 atom stereocenters. The molecule has 6 heteroatoms. The van der Waals surface area contributed by atoms with Gasteiger partial charge >= 0.3 is 6.03 Å². The molecule has 0 radical (unpaired) electrons. The zero-order valence-corrected chi connectivity index (χ0v) is 17.3. The maximum absolute atomic E-state index is 13.0. The molecule has 1 saturated heterocycles. The smallest absolute Gasteiger partial charge is 0.335 e. The van der Waals surface area contributed by atoms with E-state index in [1.165, 1.54) is 11.3 Å². The second-order valence-corrected chi connectivity index (χ2v) is 7.77. The minimum absolute atomic E-state index is 0.0454. The number of amides is 4. The number of carbonyl (C=O) groups is 3. The lowest BCUT2D eigenvalue weighted by Crippen LogP contribution is -2.54. The number of unbranched alkanes of at least 4 members (excludes halogenated alkanes) is 1. The molecule has 1 N–H and O–H groups in total. The first-order valence-electron chi connectivity index (χ1n) is 10.3. The fourth-order valence-corrected chi connectivity index (χ4v) is 3.91. The lowest BCUT2D eigenvalue weighted by molar-refractivity contribution is -0.122. The van der Waals surface area contributed by atoms with Gasteiger partial charge in [-0.25, -0.2) is 9.69 Å². The van der Waals surface area contributed by atoms with Gasteiger partial charge in [-0.15, -0.1) is 0 Å². The summed E-state index contributed by atoms with van der Waals surface area (Å²) in [6.07, 6.45) is 4.83. The van der Waals surface area contributed by atoms with Crippen molar-refractivity contribution in [2.75, 3.05) is 22.9 Å². The Kier molecular flexibility index (Phi) is 5.40. The molecule has 2 aliphatic heterocycles. The van der Waals surface area contributed by atoms with Crippen LogP contribution in [-0.4, -0.2) is 30.9 Å². The van der Waals surface area contributed by atoms with Gasteiger partial charge in [0.2, 0.25) is 0 Å². The van der Waals surface area contributed by atoms with Gasteiger partial charge in [-0.3, -0.25) is 14.9 Å². The number of benzene rings is 2. The topological polar surface area (TPSA) is 69.7 Å². The summed E-state index contributed by atoms with van der Waals surface area (Å²) in [7, 11) is 0. The van der Waals surface area contributed by atoms with Gasteiger partial charge in [-0.2, -0.15) is 0 Å². The Hall–Kier alpha value is -3.41. The highest BCUT2D eigenvalue weighted by Gasteiger charge is 2.36. The Morgan fingerprint density at radius 3 is 2.57 bits per heavy atom. The standard InChI is InChI=1S/C24H25N3O3/c1-3-4-12-26-13-11-18-14-17(7-10-21(18)26)15-20-22(28)25-24(30)27(23(20)29)19-8-5-16(2)6-9-19/h5-10,14-15H,3-4,11-13H2,1-2H3,(H,25,28,30)/b20-15-. The van der Waals surface area contributed by atoms with E-state index in [4.69, 9.17) is 0 Å². The summed E-state index contributed by atoms with van der Waals surface area (Å²) in [5, 5.41) is 2.28.